The van der Waals surface area contributed by atoms with Crippen molar-refractivity contribution in [1.29, 1.82) is 0 Å². The summed E-state index contributed by atoms with van der Waals surface area (Å²) < 4.78 is 0. The third kappa shape index (κ3) is 3.58. The van der Waals surface area contributed by atoms with E-state index in [4.69, 9.17) is 0 Å². The van der Waals surface area contributed by atoms with Gasteiger partial charge in [-0.15, -0.1) is 0 Å². The predicted octanol–water partition coefficient (Wildman–Crippen LogP) is 11.9. The van der Waals surface area contributed by atoms with Crippen LogP contribution in [0.1, 0.15) is 0 Å². The molecular formula is C42H27N. The molecule has 0 aromatic heterocycles. The van der Waals surface area contributed by atoms with E-state index in [-0.39, 0.29) is 0 Å². The molecule has 1 nitrogen and oxygen atoms in total. The van der Waals surface area contributed by atoms with Crippen LogP contribution in [-0.4, -0.2) is 0 Å². The van der Waals surface area contributed by atoms with Crippen molar-refractivity contribution >= 4 is 49.4 Å². The summed E-state index contributed by atoms with van der Waals surface area (Å²) in [7, 11) is 0. The Hall–Kier alpha value is -5.66. The molecule has 0 radical (unpaired) electrons. The molecule has 0 N–H and O–H groups in total. The molecule has 0 saturated heterocycles. The molecule has 43 heavy (non-hydrogen) atoms. The van der Waals surface area contributed by atoms with Crippen LogP contribution in [0.4, 0.5) is 17.1 Å². The van der Waals surface area contributed by atoms with Crippen LogP contribution >= 0.6 is 0 Å². The molecule has 1 heteroatoms. The summed E-state index contributed by atoms with van der Waals surface area (Å²) in [5.41, 5.74) is 11.0. The van der Waals surface area contributed by atoms with Crippen molar-refractivity contribution in [3.63, 3.8) is 0 Å². The minimum absolute atomic E-state index is 1.16. The number of hydrogen-bond acceptors (Lipinski definition) is 1. The van der Waals surface area contributed by atoms with Gasteiger partial charge in [-0.2, -0.15) is 0 Å². The Morgan fingerprint density at radius 2 is 0.791 bits per heavy atom. The van der Waals surface area contributed by atoms with Gasteiger partial charge in [0, 0.05) is 16.8 Å². The number of benzene rings is 8. The normalized spacial score (nSPS) is 12.1. The van der Waals surface area contributed by atoms with E-state index in [0.29, 0.717) is 0 Å². The first-order valence-electron chi connectivity index (χ1n) is 14.9. The highest BCUT2D eigenvalue weighted by Gasteiger charge is 2.26. The zero-order valence-corrected chi connectivity index (χ0v) is 23.5. The topological polar surface area (TPSA) is 3.24 Å². The van der Waals surface area contributed by atoms with Gasteiger partial charge in [-0.3, -0.25) is 0 Å². The molecule has 0 atom stereocenters. The van der Waals surface area contributed by atoms with Gasteiger partial charge in [0.1, 0.15) is 0 Å². The summed E-state index contributed by atoms with van der Waals surface area (Å²) in [5.74, 6) is 0. The summed E-state index contributed by atoms with van der Waals surface area (Å²) >= 11 is 0. The van der Waals surface area contributed by atoms with Gasteiger partial charge in [0.15, 0.2) is 0 Å². The minimum Gasteiger partial charge on any atom is -0.309 e. The first-order chi connectivity index (χ1) is 21.4. The van der Waals surface area contributed by atoms with Crippen molar-refractivity contribution in [3.8, 4) is 33.4 Å². The Balaban J connectivity index is 1.36. The number of anilines is 3. The van der Waals surface area contributed by atoms with Crippen LogP contribution in [-0.2, 0) is 0 Å². The van der Waals surface area contributed by atoms with Gasteiger partial charge < -0.3 is 4.90 Å². The SMILES string of the molecule is c1ccc(N2c3ccccc3-c3ccc(-c4cccc5c6ccccc6c6ccccc6c45)cc3-c3ccccc32)cc1. The number of fused-ring (bicyclic) bond motifs is 11. The molecule has 200 valence electrons. The van der Waals surface area contributed by atoms with Crippen LogP contribution in [0.15, 0.2) is 164 Å². The Bertz CT molecular complexity index is 2300. The molecule has 0 bridgehead atoms. The molecule has 1 aliphatic rings. The Kier molecular flexibility index (Phi) is 5.27. The van der Waals surface area contributed by atoms with E-state index in [9.17, 15) is 0 Å². The molecule has 8 aromatic rings. The van der Waals surface area contributed by atoms with Crippen LogP contribution in [0.25, 0.3) is 65.7 Å². The van der Waals surface area contributed by atoms with E-state index < -0.39 is 0 Å². The molecule has 0 unspecified atom stereocenters. The fourth-order valence-corrected chi connectivity index (χ4v) is 7.14. The predicted molar refractivity (Wildman–Crippen MR) is 184 cm³/mol. The molecule has 0 spiro atoms. The fourth-order valence-electron chi connectivity index (χ4n) is 7.14. The number of nitrogens with zero attached hydrogens (tertiary/aromatic N) is 1. The second-order valence-electron chi connectivity index (χ2n) is 11.3. The summed E-state index contributed by atoms with van der Waals surface area (Å²) in [4.78, 5) is 2.40. The van der Waals surface area contributed by atoms with Gasteiger partial charge in [0.2, 0.25) is 0 Å². The Labute approximate surface area is 250 Å². The van der Waals surface area contributed by atoms with Crippen molar-refractivity contribution in [2.45, 2.75) is 0 Å². The highest BCUT2D eigenvalue weighted by molar-refractivity contribution is 6.28. The molecule has 1 aliphatic heterocycles. The van der Waals surface area contributed by atoms with Gasteiger partial charge in [-0.05, 0) is 84.9 Å². The highest BCUT2D eigenvalue weighted by Crippen LogP contribution is 2.51. The Morgan fingerprint density at radius 1 is 0.302 bits per heavy atom. The molecule has 0 amide bonds. The summed E-state index contributed by atoms with van der Waals surface area (Å²) in [6, 6.07) is 59.8. The fraction of sp³-hybridized carbons (Fsp3) is 0. The molecular weight excluding hydrogens is 518 g/mol. The summed E-state index contributed by atoms with van der Waals surface area (Å²) in [6.07, 6.45) is 0. The number of para-hydroxylation sites is 3. The number of rotatable bonds is 2. The van der Waals surface area contributed by atoms with Gasteiger partial charge in [-0.1, -0.05) is 133 Å². The van der Waals surface area contributed by atoms with E-state index in [0.717, 1.165) is 5.69 Å². The quantitative estimate of drug-likeness (QED) is 0.195. The molecule has 0 saturated carbocycles. The highest BCUT2D eigenvalue weighted by atomic mass is 15.1. The van der Waals surface area contributed by atoms with Crippen molar-refractivity contribution in [2.24, 2.45) is 0 Å². The van der Waals surface area contributed by atoms with Crippen molar-refractivity contribution in [2.75, 3.05) is 4.90 Å². The smallest absolute Gasteiger partial charge is 0.0540 e. The minimum atomic E-state index is 1.16. The van der Waals surface area contributed by atoms with Gasteiger partial charge in [0.25, 0.3) is 0 Å². The average molecular weight is 546 g/mol. The van der Waals surface area contributed by atoms with E-state index in [2.05, 4.69) is 169 Å². The van der Waals surface area contributed by atoms with Crippen molar-refractivity contribution in [1.82, 2.24) is 0 Å². The second-order valence-corrected chi connectivity index (χ2v) is 11.3. The zero-order valence-electron chi connectivity index (χ0n) is 23.5. The van der Waals surface area contributed by atoms with Gasteiger partial charge in [0.05, 0.1) is 11.4 Å². The standard InChI is InChI=1S/C42H27N/c1-2-13-29(14-3-1)43-40-23-10-8-18-35(40)34-26-25-28(27-39(34)36-19-9-11-24-41(36)43)30-21-12-22-38-33-16-5-4-15-31(33)32-17-6-7-20-37(32)42(30)38/h1-27H. The van der Waals surface area contributed by atoms with Crippen LogP contribution in [0.3, 0.4) is 0 Å². The summed E-state index contributed by atoms with van der Waals surface area (Å²) in [6.45, 7) is 0. The molecule has 9 rings (SSSR count). The maximum Gasteiger partial charge on any atom is 0.0540 e. The molecule has 0 aliphatic carbocycles. The first-order valence-corrected chi connectivity index (χ1v) is 14.9. The monoisotopic (exact) mass is 545 g/mol. The van der Waals surface area contributed by atoms with E-state index in [1.807, 2.05) is 0 Å². The van der Waals surface area contributed by atoms with Crippen LogP contribution < -0.4 is 4.90 Å². The molecule has 8 aromatic carbocycles. The van der Waals surface area contributed by atoms with Crippen LogP contribution in [0.5, 0.6) is 0 Å². The van der Waals surface area contributed by atoms with Gasteiger partial charge >= 0.3 is 0 Å². The molecule has 1 heterocycles. The summed E-state index contributed by atoms with van der Waals surface area (Å²) in [5, 5.41) is 7.79. The Morgan fingerprint density at radius 3 is 1.47 bits per heavy atom. The lowest BCUT2D eigenvalue weighted by Gasteiger charge is -2.27. The van der Waals surface area contributed by atoms with Gasteiger partial charge in [-0.25, -0.2) is 0 Å². The maximum atomic E-state index is 2.41. The lowest BCUT2D eigenvalue weighted by atomic mass is 9.87. The van der Waals surface area contributed by atoms with E-state index in [1.165, 1.54) is 77.1 Å². The second kappa shape index (κ2) is 9.44. The maximum absolute atomic E-state index is 2.41. The zero-order chi connectivity index (χ0) is 28.3. The lowest BCUT2D eigenvalue weighted by molar-refractivity contribution is 1.29. The largest absolute Gasteiger partial charge is 0.309 e. The van der Waals surface area contributed by atoms with Crippen LogP contribution in [0.2, 0.25) is 0 Å². The number of hydrogen-bond donors (Lipinski definition) is 0. The average Bonchev–Trinajstić information content (AvgIpc) is 3.21. The third-order valence-electron chi connectivity index (χ3n) is 8.98. The van der Waals surface area contributed by atoms with Crippen LogP contribution in [0, 0.1) is 0 Å². The molecule has 0 fully saturated rings. The first kappa shape index (κ1) is 24.0. The van der Waals surface area contributed by atoms with E-state index >= 15 is 0 Å². The van der Waals surface area contributed by atoms with E-state index in [1.54, 1.807) is 0 Å². The lowest BCUT2D eigenvalue weighted by Crippen LogP contribution is -2.10. The van der Waals surface area contributed by atoms with Crippen molar-refractivity contribution in [3.05, 3.63) is 164 Å². The third-order valence-corrected chi connectivity index (χ3v) is 8.98. The van der Waals surface area contributed by atoms with Crippen molar-refractivity contribution < 1.29 is 0 Å².